The van der Waals surface area contributed by atoms with Gasteiger partial charge in [-0.1, -0.05) is 58.0 Å². The van der Waals surface area contributed by atoms with Gasteiger partial charge in [-0.2, -0.15) is 0 Å². The summed E-state index contributed by atoms with van der Waals surface area (Å²) in [5.74, 6) is -9.15. The number of nitrogens with zero attached hydrogens (tertiary/aromatic N) is 2. The summed E-state index contributed by atoms with van der Waals surface area (Å²) in [5.41, 5.74) is 6.10. The highest BCUT2D eigenvalue weighted by atomic mass is 19.1. The molecule has 0 bridgehead atoms. The Morgan fingerprint density at radius 1 is 0.836 bits per heavy atom. The van der Waals surface area contributed by atoms with Crippen molar-refractivity contribution in [1.82, 2.24) is 30.7 Å². The lowest BCUT2D eigenvalue weighted by atomic mass is 9.82. The van der Waals surface area contributed by atoms with E-state index in [9.17, 15) is 52.6 Å². The number of rotatable bonds is 27. The molecule has 0 radical (unpaired) electrons. The summed E-state index contributed by atoms with van der Waals surface area (Å²) < 4.78 is 31.6. The summed E-state index contributed by atoms with van der Waals surface area (Å²) in [7, 11) is 0. The monoisotopic (exact) mass is 937 g/mol. The molecule has 1 heterocycles. The van der Waals surface area contributed by atoms with Crippen molar-refractivity contribution in [2.24, 2.45) is 17.1 Å². The van der Waals surface area contributed by atoms with E-state index in [1.54, 1.807) is 16.8 Å². The van der Waals surface area contributed by atoms with Gasteiger partial charge < -0.3 is 51.5 Å². The topological polar surface area (TPSA) is 276 Å². The summed E-state index contributed by atoms with van der Waals surface area (Å²) in [6, 6.07) is 9.82. The van der Waals surface area contributed by atoms with E-state index in [0.29, 0.717) is 5.69 Å². The number of Topliss-reactive ketones (excluding diaryl/α,β-unsaturated/α-hetero) is 2. The first-order chi connectivity index (χ1) is 31.5. The average molecular weight is 938 g/mol. The Morgan fingerprint density at radius 3 is 2.12 bits per heavy atom. The highest BCUT2D eigenvalue weighted by molar-refractivity contribution is 5.95. The standard InChI is InChI=1S/C47H61F2N7O11/c1-28(20-29(2)58)44(65)54-37(23-39(50)60)46(67)53-36(45(66)51-18-9-12-33(59)24-52-40(61)15-16-42(63)64)17-19-56(41(62)27-57)43(47(3,4)5)38-21-31(34-22-32(48)13-14-35(34)49)26-55(38)25-30-10-7-6-8-11-30/h6-8,10-11,13-14,21-22,26,28,36-37,43,57H,9,12,15-20,23-25,27H2,1-5H3,(H2,50,60)(H,51,66)(H,52,61)(H,53,67)(H,54,65)(H,63,64)/t28-,36-,37-,43-/m0/s1. The van der Waals surface area contributed by atoms with Crippen molar-refractivity contribution in [2.45, 2.75) is 104 Å². The Kier molecular flexibility index (Phi) is 21.0. The lowest BCUT2D eigenvalue weighted by Gasteiger charge is -2.41. The third-order valence-corrected chi connectivity index (χ3v) is 10.6. The first-order valence-electron chi connectivity index (χ1n) is 21.8. The number of carboxylic acids is 1. The molecule has 0 aliphatic carbocycles. The number of hydrogen-bond acceptors (Lipinski definition) is 10. The normalized spacial score (nSPS) is 13.0. The number of aliphatic hydroxyl groups is 1. The van der Waals surface area contributed by atoms with Crippen LogP contribution in [0.1, 0.15) is 96.9 Å². The number of ketones is 2. The molecule has 0 unspecified atom stereocenters. The molecule has 6 amide bonds. The lowest BCUT2D eigenvalue weighted by molar-refractivity contribution is -0.140. The number of benzene rings is 2. The molecule has 0 spiro atoms. The van der Waals surface area contributed by atoms with Gasteiger partial charge in [0.15, 0.2) is 5.78 Å². The van der Waals surface area contributed by atoms with E-state index in [4.69, 9.17) is 10.8 Å². The molecule has 3 rings (SSSR count). The van der Waals surface area contributed by atoms with E-state index in [2.05, 4.69) is 21.3 Å². The van der Waals surface area contributed by atoms with Crippen molar-refractivity contribution in [1.29, 1.82) is 0 Å². The first-order valence-corrected chi connectivity index (χ1v) is 21.8. The minimum Gasteiger partial charge on any atom is -0.481 e. The smallest absolute Gasteiger partial charge is 0.303 e. The van der Waals surface area contributed by atoms with E-state index in [-0.39, 0.29) is 75.2 Å². The van der Waals surface area contributed by atoms with Crippen molar-refractivity contribution in [3.63, 3.8) is 0 Å². The molecule has 4 atom stereocenters. The molecule has 67 heavy (non-hydrogen) atoms. The second-order valence-corrected chi connectivity index (χ2v) is 17.4. The van der Waals surface area contributed by atoms with Crippen LogP contribution in [-0.2, 0) is 49.7 Å². The first kappa shape index (κ1) is 54.5. The molecule has 364 valence electrons. The minimum absolute atomic E-state index is 0.0457. The molecular formula is C47H61F2N7O11. The van der Waals surface area contributed by atoms with Gasteiger partial charge in [-0.05, 0) is 55.0 Å². The fraction of sp³-hybridized carbons (Fsp3) is 0.468. The van der Waals surface area contributed by atoms with Crippen LogP contribution in [0.2, 0.25) is 0 Å². The Hall–Kier alpha value is -6.83. The van der Waals surface area contributed by atoms with Gasteiger partial charge in [-0.25, -0.2) is 8.78 Å². The number of aromatic nitrogens is 1. The highest BCUT2D eigenvalue weighted by Crippen LogP contribution is 2.41. The maximum absolute atomic E-state index is 15.3. The van der Waals surface area contributed by atoms with Crippen LogP contribution < -0.4 is 27.0 Å². The number of carbonyl (C=O) groups is 9. The number of carboxylic acid groups (broad SMARTS) is 1. The van der Waals surface area contributed by atoms with Crippen LogP contribution in [0.25, 0.3) is 11.1 Å². The number of nitrogens with two attached hydrogens (primary N) is 1. The molecule has 0 saturated carbocycles. The van der Waals surface area contributed by atoms with Gasteiger partial charge in [0, 0.05) is 67.8 Å². The Labute approximate surface area is 387 Å². The van der Waals surface area contributed by atoms with Crippen LogP contribution in [0.15, 0.2) is 60.8 Å². The molecule has 8 N–H and O–H groups in total. The number of hydrogen-bond donors (Lipinski definition) is 7. The molecule has 20 heteroatoms. The van der Waals surface area contributed by atoms with Crippen LogP contribution in [0.5, 0.6) is 0 Å². The average Bonchev–Trinajstić information content (AvgIpc) is 3.65. The molecule has 2 aromatic carbocycles. The van der Waals surface area contributed by atoms with Gasteiger partial charge in [0.25, 0.3) is 0 Å². The zero-order valence-corrected chi connectivity index (χ0v) is 38.4. The van der Waals surface area contributed by atoms with E-state index < -0.39 is 108 Å². The number of amides is 6. The maximum atomic E-state index is 15.3. The molecule has 18 nitrogen and oxygen atoms in total. The number of primary amides is 1. The number of carbonyl (C=O) groups excluding carboxylic acids is 8. The number of nitrogens with one attached hydrogen (secondary N) is 4. The van der Waals surface area contributed by atoms with Crippen LogP contribution in [-0.4, -0.2) is 111 Å². The van der Waals surface area contributed by atoms with Gasteiger partial charge >= 0.3 is 5.97 Å². The lowest BCUT2D eigenvalue weighted by Crippen LogP contribution is -2.56. The Balaban J connectivity index is 2.02. The van der Waals surface area contributed by atoms with Crippen molar-refractivity contribution in [3.8, 4) is 11.1 Å². The fourth-order valence-electron chi connectivity index (χ4n) is 7.37. The summed E-state index contributed by atoms with van der Waals surface area (Å²) in [4.78, 5) is 115. The summed E-state index contributed by atoms with van der Waals surface area (Å²) in [6.45, 7) is 6.59. The minimum atomic E-state index is -1.60. The van der Waals surface area contributed by atoms with Crippen LogP contribution in [0, 0.1) is 23.0 Å². The van der Waals surface area contributed by atoms with Crippen molar-refractivity contribution in [3.05, 3.63) is 83.7 Å². The molecule has 3 aromatic rings. The van der Waals surface area contributed by atoms with E-state index in [0.717, 1.165) is 23.8 Å². The number of aliphatic carboxylic acids is 1. The second kappa shape index (κ2) is 25.8. The van der Waals surface area contributed by atoms with Crippen LogP contribution >= 0.6 is 0 Å². The molecule has 0 fully saturated rings. The predicted octanol–water partition coefficient (Wildman–Crippen LogP) is 2.69. The van der Waals surface area contributed by atoms with Gasteiger partial charge in [0.1, 0.15) is 36.1 Å². The van der Waals surface area contributed by atoms with E-state index in [1.807, 2.05) is 51.1 Å². The molecule has 0 aliphatic heterocycles. The third-order valence-electron chi connectivity index (χ3n) is 10.6. The Morgan fingerprint density at radius 2 is 1.51 bits per heavy atom. The summed E-state index contributed by atoms with van der Waals surface area (Å²) in [5, 5.41) is 29.1. The SMILES string of the molecule is CC(=O)C[C@H](C)C(=O)N[C@@H](CC(N)=O)C(=O)N[C@@H](CCN(C(=O)CO)[C@@H](c1cc(-c2cc(F)ccc2F)cn1Cc1ccccc1)C(C)(C)C)C(=O)NCCCC(=O)CNC(=O)CCC(=O)O. The largest absolute Gasteiger partial charge is 0.481 e. The predicted molar refractivity (Wildman–Crippen MR) is 240 cm³/mol. The van der Waals surface area contributed by atoms with Crippen molar-refractivity contribution >= 4 is 53.0 Å². The van der Waals surface area contributed by atoms with Crippen LogP contribution in [0.4, 0.5) is 8.78 Å². The summed E-state index contributed by atoms with van der Waals surface area (Å²) >= 11 is 0. The third kappa shape index (κ3) is 17.8. The maximum Gasteiger partial charge on any atom is 0.303 e. The molecule has 0 aliphatic rings. The van der Waals surface area contributed by atoms with Crippen molar-refractivity contribution < 1.29 is 62.1 Å². The van der Waals surface area contributed by atoms with E-state index >= 15 is 4.39 Å². The van der Waals surface area contributed by atoms with E-state index in [1.165, 1.54) is 18.7 Å². The van der Waals surface area contributed by atoms with Gasteiger partial charge in [-0.3, -0.25) is 38.4 Å². The zero-order chi connectivity index (χ0) is 50.0. The molecule has 1 aromatic heterocycles. The second-order valence-electron chi connectivity index (χ2n) is 17.4. The number of aliphatic hydroxyl groups excluding tert-OH is 1. The highest BCUT2D eigenvalue weighted by Gasteiger charge is 2.38. The molecular weight excluding hydrogens is 877 g/mol. The zero-order valence-electron chi connectivity index (χ0n) is 38.4. The van der Waals surface area contributed by atoms with Gasteiger partial charge in [0.05, 0.1) is 25.4 Å². The van der Waals surface area contributed by atoms with Crippen molar-refractivity contribution in [2.75, 3.05) is 26.2 Å². The fourth-order valence-corrected chi connectivity index (χ4v) is 7.37. The molecule has 0 saturated heterocycles. The van der Waals surface area contributed by atoms with Gasteiger partial charge in [-0.15, -0.1) is 0 Å². The van der Waals surface area contributed by atoms with Gasteiger partial charge in [0.2, 0.25) is 35.4 Å². The summed E-state index contributed by atoms with van der Waals surface area (Å²) in [6.07, 6.45) is -0.348. The van der Waals surface area contributed by atoms with Crippen LogP contribution in [0.3, 0.4) is 0 Å². The quantitative estimate of drug-likeness (QED) is 0.0546. The number of halogens is 2. The Bertz CT molecular complexity index is 2260.